The zero-order chi connectivity index (χ0) is 16.2. The first-order valence-electron chi connectivity index (χ1n) is 7.15. The zero-order valence-corrected chi connectivity index (χ0v) is 12.9. The van der Waals surface area contributed by atoms with Gasteiger partial charge in [-0.2, -0.15) is 0 Å². The van der Waals surface area contributed by atoms with Gasteiger partial charge in [0.25, 0.3) is 0 Å². The van der Waals surface area contributed by atoms with Crippen molar-refractivity contribution in [2.75, 3.05) is 19.5 Å². The summed E-state index contributed by atoms with van der Waals surface area (Å²) < 4.78 is 10.5. The van der Waals surface area contributed by atoms with Crippen LogP contribution in [-0.2, 0) is 11.2 Å². The highest BCUT2D eigenvalue weighted by atomic mass is 16.5. The predicted octanol–water partition coefficient (Wildman–Crippen LogP) is 2.76. The van der Waals surface area contributed by atoms with Crippen LogP contribution in [0.4, 0.5) is 5.95 Å². The van der Waals surface area contributed by atoms with E-state index in [0.29, 0.717) is 17.4 Å². The molecule has 0 saturated heterocycles. The second kappa shape index (κ2) is 6.39. The number of amides is 1. The molecule has 0 spiro atoms. The number of rotatable bonds is 5. The van der Waals surface area contributed by atoms with Crippen LogP contribution in [0, 0.1) is 0 Å². The van der Waals surface area contributed by atoms with Crippen LogP contribution in [0.2, 0.25) is 0 Å². The van der Waals surface area contributed by atoms with E-state index in [1.54, 1.807) is 26.4 Å². The molecule has 2 N–H and O–H groups in total. The van der Waals surface area contributed by atoms with E-state index in [-0.39, 0.29) is 12.3 Å². The summed E-state index contributed by atoms with van der Waals surface area (Å²) in [6.07, 6.45) is 0.185. The van der Waals surface area contributed by atoms with Crippen molar-refractivity contribution in [2.45, 2.75) is 6.42 Å². The minimum absolute atomic E-state index is 0.174. The topological polar surface area (TPSA) is 76.2 Å². The quantitative estimate of drug-likeness (QED) is 0.759. The number of carbonyl (C=O) groups excluding carboxylic acids is 1. The van der Waals surface area contributed by atoms with Gasteiger partial charge in [-0.1, -0.05) is 18.2 Å². The molecule has 0 saturated carbocycles. The van der Waals surface area contributed by atoms with Crippen LogP contribution in [-0.4, -0.2) is 30.1 Å². The predicted molar refractivity (Wildman–Crippen MR) is 88.0 cm³/mol. The van der Waals surface area contributed by atoms with Crippen molar-refractivity contribution in [3.05, 3.63) is 48.0 Å². The average molecular weight is 311 g/mol. The Morgan fingerprint density at radius 3 is 2.74 bits per heavy atom. The van der Waals surface area contributed by atoms with E-state index in [9.17, 15) is 4.79 Å². The second-order valence-corrected chi connectivity index (χ2v) is 5.01. The Morgan fingerprint density at radius 2 is 2.00 bits per heavy atom. The number of methoxy groups -OCH3 is 2. The molecule has 23 heavy (non-hydrogen) atoms. The number of nitrogens with zero attached hydrogens (tertiary/aromatic N) is 1. The lowest BCUT2D eigenvalue weighted by Crippen LogP contribution is -2.15. The highest BCUT2D eigenvalue weighted by molar-refractivity contribution is 5.92. The molecular formula is C17H17N3O3. The van der Waals surface area contributed by atoms with Gasteiger partial charge >= 0.3 is 0 Å². The Balaban J connectivity index is 1.74. The van der Waals surface area contributed by atoms with E-state index >= 15 is 0 Å². The van der Waals surface area contributed by atoms with Gasteiger partial charge in [-0.25, -0.2) is 4.98 Å². The van der Waals surface area contributed by atoms with Gasteiger partial charge in [0.05, 0.1) is 31.7 Å². The summed E-state index contributed by atoms with van der Waals surface area (Å²) in [5.41, 5.74) is 2.47. The summed E-state index contributed by atoms with van der Waals surface area (Å²) >= 11 is 0. The molecular weight excluding hydrogens is 294 g/mol. The lowest BCUT2D eigenvalue weighted by molar-refractivity contribution is -0.115. The number of hydrogen-bond donors (Lipinski definition) is 2. The lowest BCUT2D eigenvalue weighted by atomic mass is 10.1. The maximum Gasteiger partial charge on any atom is 0.231 e. The summed E-state index contributed by atoms with van der Waals surface area (Å²) in [5, 5.41) is 2.77. The number of aromatic nitrogens is 2. The highest BCUT2D eigenvalue weighted by Crippen LogP contribution is 2.25. The van der Waals surface area contributed by atoms with Gasteiger partial charge in [0, 0.05) is 11.6 Å². The number of H-pyrrole nitrogens is 1. The molecule has 3 rings (SSSR count). The molecule has 0 bridgehead atoms. The van der Waals surface area contributed by atoms with Crippen molar-refractivity contribution in [2.24, 2.45) is 0 Å². The van der Waals surface area contributed by atoms with E-state index < -0.39 is 0 Å². The third-order valence-corrected chi connectivity index (χ3v) is 3.49. The zero-order valence-electron chi connectivity index (χ0n) is 12.9. The third-order valence-electron chi connectivity index (χ3n) is 3.49. The van der Waals surface area contributed by atoms with Crippen molar-refractivity contribution < 1.29 is 14.3 Å². The van der Waals surface area contributed by atoms with Crippen molar-refractivity contribution in [1.82, 2.24) is 9.97 Å². The van der Waals surface area contributed by atoms with Gasteiger partial charge < -0.3 is 14.5 Å². The molecule has 0 unspecified atom stereocenters. The standard InChI is InChI=1S/C17H17N3O3/c1-22-12-8-7-11(15(10-12)23-2)9-16(21)20-17-18-13-5-3-4-6-14(13)19-17/h3-8,10H,9H2,1-2H3,(H2,18,19,20,21). The van der Waals surface area contributed by atoms with Crippen molar-refractivity contribution in [1.29, 1.82) is 0 Å². The van der Waals surface area contributed by atoms with Gasteiger partial charge in [0.15, 0.2) is 0 Å². The van der Waals surface area contributed by atoms with Gasteiger partial charge in [-0.3, -0.25) is 10.1 Å². The number of benzene rings is 2. The smallest absolute Gasteiger partial charge is 0.231 e. The van der Waals surface area contributed by atoms with Crippen molar-refractivity contribution >= 4 is 22.9 Å². The number of anilines is 1. The molecule has 0 aliphatic rings. The Morgan fingerprint density at radius 1 is 1.17 bits per heavy atom. The van der Waals surface area contributed by atoms with Crippen LogP contribution in [0.5, 0.6) is 11.5 Å². The Hall–Kier alpha value is -3.02. The number of ether oxygens (including phenoxy) is 2. The Bertz CT molecular complexity index is 809. The van der Waals surface area contributed by atoms with E-state index in [1.165, 1.54) is 0 Å². The first-order valence-corrected chi connectivity index (χ1v) is 7.15. The molecule has 1 aromatic heterocycles. The van der Waals surface area contributed by atoms with E-state index in [0.717, 1.165) is 16.6 Å². The summed E-state index contributed by atoms with van der Waals surface area (Å²) in [7, 11) is 3.15. The average Bonchev–Trinajstić information content (AvgIpc) is 2.97. The van der Waals surface area contributed by atoms with Crippen LogP contribution in [0.1, 0.15) is 5.56 Å². The fraction of sp³-hybridized carbons (Fsp3) is 0.176. The fourth-order valence-corrected chi connectivity index (χ4v) is 2.36. The van der Waals surface area contributed by atoms with Gasteiger partial charge in [0.1, 0.15) is 11.5 Å². The summed E-state index contributed by atoms with van der Waals surface area (Å²) in [4.78, 5) is 19.6. The molecule has 6 nitrogen and oxygen atoms in total. The number of fused-ring (bicyclic) bond motifs is 1. The van der Waals surface area contributed by atoms with E-state index in [1.807, 2.05) is 30.3 Å². The molecule has 0 radical (unpaired) electrons. The minimum Gasteiger partial charge on any atom is -0.497 e. The lowest BCUT2D eigenvalue weighted by Gasteiger charge is -2.10. The molecule has 6 heteroatoms. The number of carbonyl (C=O) groups is 1. The molecule has 118 valence electrons. The van der Waals surface area contributed by atoms with Gasteiger partial charge in [-0.05, 0) is 18.2 Å². The first-order chi connectivity index (χ1) is 11.2. The fourth-order valence-electron chi connectivity index (χ4n) is 2.36. The molecule has 0 aliphatic heterocycles. The third kappa shape index (κ3) is 3.26. The largest absolute Gasteiger partial charge is 0.497 e. The van der Waals surface area contributed by atoms with Crippen LogP contribution < -0.4 is 14.8 Å². The Kier molecular flexibility index (Phi) is 4.14. The van der Waals surface area contributed by atoms with E-state index in [2.05, 4.69) is 15.3 Å². The minimum atomic E-state index is -0.174. The molecule has 3 aromatic rings. The van der Waals surface area contributed by atoms with Crippen LogP contribution in [0.15, 0.2) is 42.5 Å². The van der Waals surface area contributed by atoms with Gasteiger partial charge in [-0.15, -0.1) is 0 Å². The maximum atomic E-state index is 12.2. The number of imidazole rings is 1. The molecule has 0 aliphatic carbocycles. The Labute approximate surface area is 133 Å². The number of para-hydroxylation sites is 2. The molecule has 1 amide bonds. The summed E-state index contributed by atoms with van der Waals surface area (Å²) in [6.45, 7) is 0. The molecule has 2 aromatic carbocycles. The molecule has 0 fully saturated rings. The van der Waals surface area contributed by atoms with Crippen LogP contribution in [0.25, 0.3) is 11.0 Å². The van der Waals surface area contributed by atoms with E-state index in [4.69, 9.17) is 9.47 Å². The van der Waals surface area contributed by atoms with Crippen molar-refractivity contribution in [3.8, 4) is 11.5 Å². The monoisotopic (exact) mass is 311 g/mol. The number of aromatic amines is 1. The summed E-state index contributed by atoms with van der Waals surface area (Å²) in [5.74, 6) is 1.56. The first kappa shape index (κ1) is 14.9. The molecule has 0 atom stereocenters. The number of hydrogen-bond acceptors (Lipinski definition) is 4. The molecule has 1 heterocycles. The SMILES string of the molecule is COc1ccc(CC(=O)Nc2nc3ccccc3[nH]2)c(OC)c1. The van der Waals surface area contributed by atoms with Crippen molar-refractivity contribution in [3.63, 3.8) is 0 Å². The van der Waals surface area contributed by atoms with Gasteiger partial charge in [0.2, 0.25) is 11.9 Å². The highest BCUT2D eigenvalue weighted by Gasteiger charge is 2.12. The second-order valence-electron chi connectivity index (χ2n) is 5.01. The normalized spacial score (nSPS) is 10.5. The van der Waals surface area contributed by atoms with Crippen LogP contribution in [0.3, 0.4) is 0 Å². The summed E-state index contributed by atoms with van der Waals surface area (Å²) in [6, 6.07) is 13.0. The maximum absolute atomic E-state index is 12.2. The van der Waals surface area contributed by atoms with Crippen LogP contribution >= 0.6 is 0 Å². The number of nitrogens with one attached hydrogen (secondary N) is 2.